The third kappa shape index (κ3) is 2.32. The molecule has 2 atom stereocenters. The molecule has 1 aromatic rings. The third-order valence-corrected chi connectivity index (χ3v) is 4.03. The summed E-state index contributed by atoms with van der Waals surface area (Å²) in [6, 6.07) is 5.79. The molecule has 0 spiro atoms. The molecule has 0 aliphatic carbocycles. The van der Waals surface area contributed by atoms with Crippen molar-refractivity contribution in [2.75, 3.05) is 25.1 Å². The Kier molecular flexibility index (Phi) is 3.80. The van der Waals surface area contributed by atoms with Gasteiger partial charge in [-0.2, -0.15) is 0 Å². The average Bonchev–Trinajstić information content (AvgIpc) is 2.36. The molecule has 19 heavy (non-hydrogen) atoms. The van der Waals surface area contributed by atoms with E-state index in [-0.39, 0.29) is 18.6 Å². The molecule has 1 fully saturated rings. The predicted molar refractivity (Wildman–Crippen MR) is 76.4 cm³/mol. The number of hydrogen-bond acceptors (Lipinski definition) is 3. The van der Waals surface area contributed by atoms with Crippen molar-refractivity contribution in [3.05, 3.63) is 29.3 Å². The minimum Gasteiger partial charge on any atom is -0.394 e. The summed E-state index contributed by atoms with van der Waals surface area (Å²) in [4.78, 5) is 16.1. The summed E-state index contributed by atoms with van der Waals surface area (Å²) in [6.07, 6.45) is 0. The Labute approximate surface area is 114 Å². The lowest BCUT2D eigenvalue weighted by molar-refractivity contribution is -0.136. The number of rotatable bonds is 2. The maximum absolute atomic E-state index is 12.3. The second-order valence-corrected chi connectivity index (χ2v) is 5.39. The SMILES string of the molecule is Cc1cccc(C)c1N1CC(C)N(C)C(=O)C1CO. The van der Waals surface area contributed by atoms with Gasteiger partial charge in [-0.05, 0) is 31.9 Å². The maximum Gasteiger partial charge on any atom is 0.247 e. The Bertz CT molecular complexity index is 467. The van der Waals surface area contributed by atoms with E-state index in [1.807, 2.05) is 39.0 Å². The molecule has 1 aliphatic heterocycles. The molecule has 4 nitrogen and oxygen atoms in total. The van der Waals surface area contributed by atoms with Crippen molar-refractivity contribution in [1.29, 1.82) is 0 Å². The zero-order valence-electron chi connectivity index (χ0n) is 12.1. The molecule has 0 saturated carbocycles. The zero-order valence-corrected chi connectivity index (χ0v) is 12.1. The number of piperazine rings is 1. The number of nitrogens with zero attached hydrogens (tertiary/aromatic N) is 2. The van der Waals surface area contributed by atoms with E-state index in [0.717, 1.165) is 23.4 Å². The summed E-state index contributed by atoms with van der Waals surface area (Å²) in [5, 5.41) is 9.59. The molecule has 1 N–H and O–H groups in total. The molecule has 0 radical (unpaired) electrons. The quantitative estimate of drug-likeness (QED) is 0.874. The number of carbonyl (C=O) groups is 1. The maximum atomic E-state index is 12.3. The van der Waals surface area contributed by atoms with Crippen molar-refractivity contribution < 1.29 is 9.90 Å². The predicted octanol–water partition coefficient (Wildman–Crippen LogP) is 1.33. The van der Waals surface area contributed by atoms with E-state index < -0.39 is 6.04 Å². The van der Waals surface area contributed by atoms with Crippen molar-refractivity contribution in [1.82, 2.24) is 4.90 Å². The molecule has 0 bridgehead atoms. The number of likely N-dealkylation sites (N-methyl/N-ethyl adjacent to an activating group) is 1. The molecule has 1 saturated heterocycles. The van der Waals surface area contributed by atoms with Gasteiger partial charge in [-0.3, -0.25) is 4.79 Å². The highest BCUT2D eigenvalue weighted by atomic mass is 16.3. The van der Waals surface area contributed by atoms with Gasteiger partial charge in [-0.15, -0.1) is 0 Å². The molecule has 1 heterocycles. The molecule has 2 rings (SSSR count). The molecule has 0 aromatic heterocycles. The summed E-state index contributed by atoms with van der Waals surface area (Å²) < 4.78 is 0. The van der Waals surface area contributed by atoms with Crippen LogP contribution in [-0.4, -0.2) is 48.2 Å². The molecule has 1 amide bonds. The van der Waals surface area contributed by atoms with Crippen LogP contribution in [0.1, 0.15) is 18.1 Å². The van der Waals surface area contributed by atoms with Gasteiger partial charge in [0.15, 0.2) is 0 Å². The van der Waals surface area contributed by atoms with Crippen molar-refractivity contribution in [3.63, 3.8) is 0 Å². The van der Waals surface area contributed by atoms with Crippen molar-refractivity contribution >= 4 is 11.6 Å². The number of carbonyl (C=O) groups excluding carboxylic acids is 1. The first-order valence-electron chi connectivity index (χ1n) is 6.67. The Morgan fingerprint density at radius 3 is 2.42 bits per heavy atom. The summed E-state index contributed by atoms with van der Waals surface area (Å²) >= 11 is 0. The van der Waals surface area contributed by atoms with E-state index in [1.165, 1.54) is 0 Å². The van der Waals surface area contributed by atoms with Crippen LogP contribution in [0.2, 0.25) is 0 Å². The number of aliphatic hydroxyl groups excluding tert-OH is 1. The smallest absolute Gasteiger partial charge is 0.247 e. The lowest BCUT2D eigenvalue weighted by atomic mass is 10.0. The Balaban J connectivity index is 2.45. The van der Waals surface area contributed by atoms with E-state index in [4.69, 9.17) is 0 Å². The van der Waals surface area contributed by atoms with E-state index in [1.54, 1.807) is 11.9 Å². The highest BCUT2D eigenvalue weighted by Crippen LogP contribution is 2.29. The molecule has 1 aliphatic rings. The lowest BCUT2D eigenvalue weighted by Crippen LogP contribution is -2.61. The standard InChI is InChI=1S/C15H22N2O2/c1-10-6-5-7-11(2)14(10)17-8-12(3)16(4)15(19)13(17)9-18/h5-7,12-13,18H,8-9H2,1-4H3. The number of aliphatic hydroxyl groups is 1. The number of aryl methyl sites for hydroxylation is 2. The van der Waals surface area contributed by atoms with Crippen LogP contribution in [0, 0.1) is 13.8 Å². The van der Waals surface area contributed by atoms with Gasteiger partial charge in [0.1, 0.15) is 6.04 Å². The number of anilines is 1. The monoisotopic (exact) mass is 262 g/mol. The molecule has 1 aromatic carbocycles. The molecule has 2 unspecified atom stereocenters. The van der Waals surface area contributed by atoms with Crippen LogP contribution in [0.25, 0.3) is 0 Å². The fourth-order valence-corrected chi connectivity index (χ4v) is 2.80. The van der Waals surface area contributed by atoms with Crippen LogP contribution in [-0.2, 0) is 4.79 Å². The van der Waals surface area contributed by atoms with Gasteiger partial charge in [0.2, 0.25) is 5.91 Å². The number of benzene rings is 1. The van der Waals surface area contributed by atoms with Crippen molar-refractivity contribution in [2.45, 2.75) is 32.9 Å². The van der Waals surface area contributed by atoms with E-state index >= 15 is 0 Å². The van der Waals surface area contributed by atoms with Crippen LogP contribution >= 0.6 is 0 Å². The molecular formula is C15H22N2O2. The Morgan fingerprint density at radius 2 is 1.89 bits per heavy atom. The highest BCUT2D eigenvalue weighted by molar-refractivity contribution is 5.87. The fraction of sp³-hybridized carbons (Fsp3) is 0.533. The van der Waals surface area contributed by atoms with Crippen LogP contribution in [0.5, 0.6) is 0 Å². The summed E-state index contributed by atoms with van der Waals surface area (Å²) in [6.45, 7) is 6.73. The third-order valence-electron chi connectivity index (χ3n) is 4.03. The number of amides is 1. The van der Waals surface area contributed by atoms with Gasteiger partial charge in [0, 0.05) is 25.3 Å². The van der Waals surface area contributed by atoms with Crippen LogP contribution in [0.3, 0.4) is 0 Å². The second kappa shape index (κ2) is 5.21. The van der Waals surface area contributed by atoms with Gasteiger partial charge in [-0.1, -0.05) is 18.2 Å². The number of para-hydroxylation sites is 1. The average molecular weight is 262 g/mol. The topological polar surface area (TPSA) is 43.8 Å². The van der Waals surface area contributed by atoms with E-state index in [2.05, 4.69) is 4.90 Å². The normalized spacial score (nSPS) is 23.9. The number of hydrogen-bond donors (Lipinski definition) is 1. The van der Waals surface area contributed by atoms with Crippen LogP contribution < -0.4 is 4.90 Å². The lowest BCUT2D eigenvalue weighted by Gasteiger charge is -2.44. The Morgan fingerprint density at radius 1 is 1.32 bits per heavy atom. The zero-order chi connectivity index (χ0) is 14.2. The van der Waals surface area contributed by atoms with Gasteiger partial charge in [0.25, 0.3) is 0 Å². The largest absolute Gasteiger partial charge is 0.394 e. The highest BCUT2D eigenvalue weighted by Gasteiger charge is 2.37. The van der Waals surface area contributed by atoms with Crippen molar-refractivity contribution in [3.8, 4) is 0 Å². The summed E-state index contributed by atoms with van der Waals surface area (Å²) in [5.74, 6) is -0.0103. The first-order chi connectivity index (χ1) is 8.97. The summed E-state index contributed by atoms with van der Waals surface area (Å²) in [5.41, 5.74) is 3.36. The Hall–Kier alpha value is -1.55. The van der Waals surface area contributed by atoms with E-state index in [0.29, 0.717) is 0 Å². The van der Waals surface area contributed by atoms with E-state index in [9.17, 15) is 9.90 Å². The van der Waals surface area contributed by atoms with Crippen LogP contribution in [0.4, 0.5) is 5.69 Å². The molecule has 104 valence electrons. The van der Waals surface area contributed by atoms with Crippen molar-refractivity contribution in [2.24, 2.45) is 0 Å². The first-order valence-corrected chi connectivity index (χ1v) is 6.67. The van der Waals surface area contributed by atoms with Crippen LogP contribution in [0.15, 0.2) is 18.2 Å². The summed E-state index contributed by atoms with van der Waals surface area (Å²) in [7, 11) is 1.80. The van der Waals surface area contributed by atoms with Gasteiger partial charge >= 0.3 is 0 Å². The van der Waals surface area contributed by atoms with Gasteiger partial charge < -0.3 is 14.9 Å². The first kappa shape index (κ1) is 13.9. The minimum atomic E-state index is -0.471. The minimum absolute atomic E-state index is 0.0103. The van der Waals surface area contributed by atoms with Gasteiger partial charge in [0.05, 0.1) is 6.61 Å². The molecular weight excluding hydrogens is 240 g/mol. The van der Waals surface area contributed by atoms with Gasteiger partial charge in [-0.25, -0.2) is 0 Å². The fourth-order valence-electron chi connectivity index (χ4n) is 2.80. The second-order valence-electron chi connectivity index (χ2n) is 5.39. The molecule has 4 heteroatoms.